The van der Waals surface area contributed by atoms with Crippen LogP contribution in [0.5, 0.6) is 5.75 Å². The van der Waals surface area contributed by atoms with Crippen LogP contribution >= 0.6 is 11.6 Å². The van der Waals surface area contributed by atoms with E-state index < -0.39 is 21.7 Å². The molecule has 4 aromatic rings. The van der Waals surface area contributed by atoms with Gasteiger partial charge in [-0.3, -0.25) is 14.1 Å². The number of amides is 1. The van der Waals surface area contributed by atoms with Crippen molar-refractivity contribution in [2.45, 2.75) is 4.90 Å². The third kappa shape index (κ3) is 4.97. The third-order valence-electron chi connectivity index (χ3n) is 4.58. The van der Waals surface area contributed by atoms with Crippen molar-refractivity contribution in [3.8, 4) is 11.4 Å². The van der Waals surface area contributed by atoms with Crippen molar-refractivity contribution in [2.24, 2.45) is 0 Å². The second-order valence-electron chi connectivity index (χ2n) is 6.87. The van der Waals surface area contributed by atoms with Crippen LogP contribution in [-0.4, -0.2) is 29.0 Å². The summed E-state index contributed by atoms with van der Waals surface area (Å²) in [5.41, 5.74) is 0.710. The summed E-state index contributed by atoms with van der Waals surface area (Å²) >= 11 is 5.90. The number of rotatable bonds is 6. The number of aromatic nitrogens is 2. The fraction of sp³-hybridized carbons (Fsp3) is 0. The lowest BCUT2D eigenvalue weighted by Gasteiger charge is -2.13. The Morgan fingerprint density at radius 3 is 2.55 bits per heavy atom. The molecule has 3 N–H and O–H groups in total. The first-order valence-corrected chi connectivity index (χ1v) is 11.3. The molecule has 0 bridgehead atoms. The van der Waals surface area contributed by atoms with Crippen molar-refractivity contribution >= 4 is 38.9 Å². The SMILES string of the molecule is O=C(Nc1cc(S(=O)(=O)Nc2cccc(Cl)c2)ccc1O)c1cncn1-c1ccc(F)cc1. The summed E-state index contributed by atoms with van der Waals surface area (Å²) in [6.07, 6.45) is 2.66. The van der Waals surface area contributed by atoms with E-state index in [1.165, 1.54) is 59.6 Å². The first-order valence-electron chi connectivity index (χ1n) is 9.44. The maximum atomic E-state index is 13.2. The largest absolute Gasteiger partial charge is 0.506 e. The number of hydrogen-bond donors (Lipinski definition) is 3. The van der Waals surface area contributed by atoms with Crippen LogP contribution in [0.4, 0.5) is 15.8 Å². The number of sulfonamides is 1. The summed E-state index contributed by atoms with van der Waals surface area (Å²) in [5.74, 6) is -1.43. The van der Waals surface area contributed by atoms with Gasteiger partial charge in [0.15, 0.2) is 0 Å². The minimum absolute atomic E-state index is 0.0892. The van der Waals surface area contributed by atoms with Gasteiger partial charge in [-0.05, 0) is 60.7 Å². The van der Waals surface area contributed by atoms with E-state index >= 15 is 0 Å². The number of aromatic hydroxyl groups is 1. The predicted molar refractivity (Wildman–Crippen MR) is 122 cm³/mol. The van der Waals surface area contributed by atoms with E-state index in [0.29, 0.717) is 10.7 Å². The second kappa shape index (κ2) is 8.93. The summed E-state index contributed by atoms with van der Waals surface area (Å²) in [6.45, 7) is 0. The lowest BCUT2D eigenvalue weighted by molar-refractivity contribution is 0.102. The lowest BCUT2D eigenvalue weighted by Crippen LogP contribution is -2.17. The van der Waals surface area contributed by atoms with Crippen molar-refractivity contribution in [3.05, 3.63) is 95.8 Å². The van der Waals surface area contributed by atoms with Gasteiger partial charge in [-0.25, -0.2) is 17.8 Å². The summed E-state index contributed by atoms with van der Waals surface area (Å²) in [7, 11) is -4.04. The van der Waals surface area contributed by atoms with Gasteiger partial charge in [-0.15, -0.1) is 0 Å². The lowest BCUT2D eigenvalue weighted by atomic mass is 10.2. The molecule has 0 saturated carbocycles. The number of imidazole rings is 1. The van der Waals surface area contributed by atoms with Gasteiger partial charge in [0, 0.05) is 10.7 Å². The van der Waals surface area contributed by atoms with E-state index in [2.05, 4.69) is 15.0 Å². The zero-order valence-electron chi connectivity index (χ0n) is 16.7. The van der Waals surface area contributed by atoms with Gasteiger partial charge in [-0.2, -0.15) is 0 Å². The molecule has 0 radical (unpaired) electrons. The summed E-state index contributed by atoms with van der Waals surface area (Å²) in [5, 5.41) is 13.0. The van der Waals surface area contributed by atoms with Crippen molar-refractivity contribution in [3.63, 3.8) is 0 Å². The minimum atomic E-state index is -4.04. The number of hydrogen-bond acceptors (Lipinski definition) is 5. The van der Waals surface area contributed by atoms with E-state index in [-0.39, 0.29) is 27.7 Å². The van der Waals surface area contributed by atoms with Crippen LogP contribution in [0.1, 0.15) is 10.5 Å². The van der Waals surface area contributed by atoms with Crippen molar-refractivity contribution in [1.29, 1.82) is 0 Å². The van der Waals surface area contributed by atoms with E-state index in [1.807, 2.05) is 0 Å². The Morgan fingerprint density at radius 1 is 1.06 bits per heavy atom. The number of benzene rings is 3. The van der Waals surface area contributed by atoms with Gasteiger partial charge < -0.3 is 10.4 Å². The summed E-state index contributed by atoms with van der Waals surface area (Å²) in [6, 6.07) is 15.1. The molecule has 0 spiro atoms. The smallest absolute Gasteiger partial charge is 0.274 e. The van der Waals surface area contributed by atoms with Gasteiger partial charge in [0.25, 0.3) is 15.9 Å². The number of phenolic OH excluding ortho intramolecular Hbond substituents is 1. The molecular formula is C22H16ClFN4O4S. The average Bonchev–Trinajstić information content (AvgIpc) is 3.25. The quantitative estimate of drug-likeness (QED) is 0.349. The maximum Gasteiger partial charge on any atom is 0.274 e. The number of nitrogens with one attached hydrogen (secondary N) is 2. The van der Waals surface area contributed by atoms with Crippen LogP contribution in [0.15, 0.2) is 84.1 Å². The zero-order valence-corrected chi connectivity index (χ0v) is 18.3. The normalized spacial score (nSPS) is 11.2. The molecule has 0 saturated heterocycles. The Kier molecular flexibility index (Phi) is 6.03. The topological polar surface area (TPSA) is 113 Å². The molecule has 0 fully saturated rings. The highest BCUT2D eigenvalue weighted by molar-refractivity contribution is 7.92. The van der Waals surface area contributed by atoms with Crippen LogP contribution in [0.25, 0.3) is 5.69 Å². The van der Waals surface area contributed by atoms with Crippen LogP contribution in [0.2, 0.25) is 5.02 Å². The zero-order chi connectivity index (χ0) is 23.6. The minimum Gasteiger partial charge on any atom is -0.506 e. The Bertz CT molecular complexity index is 1440. The fourth-order valence-electron chi connectivity index (χ4n) is 3.01. The molecule has 1 aromatic heterocycles. The number of halogens is 2. The number of anilines is 2. The van der Waals surface area contributed by atoms with Crippen molar-refractivity contribution < 1.29 is 22.7 Å². The van der Waals surface area contributed by atoms with Gasteiger partial charge in [-0.1, -0.05) is 17.7 Å². The molecule has 0 aliphatic rings. The van der Waals surface area contributed by atoms with E-state index in [9.17, 15) is 22.7 Å². The Labute approximate surface area is 193 Å². The molecule has 8 nitrogen and oxygen atoms in total. The second-order valence-corrected chi connectivity index (χ2v) is 8.99. The maximum absolute atomic E-state index is 13.2. The first-order chi connectivity index (χ1) is 15.7. The third-order valence-corrected chi connectivity index (χ3v) is 6.19. The molecule has 1 heterocycles. The number of carbonyl (C=O) groups is 1. The highest BCUT2D eigenvalue weighted by Gasteiger charge is 2.19. The Morgan fingerprint density at radius 2 is 1.82 bits per heavy atom. The molecule has 0 aliphatic carbocycles. The van der Waals surface area contributed by atoms with Crippen molar-refractivity contribution in [1.82, 2.24) is 9.55 Å². The first kappa shape index (κ1) is 22.3. The highest BCUT2D eigenvalue weighted by Crippen LogP contribution is 2.28. The summed E-state index contributed by atoms with van der Waals surface area (Å²) < 4.78 is 42.6. The number of phenols is 1. The van der Waals surface area contributed by atoms with Gasteiger partial charge in [0.1, 0.15) is 17.3 Å². The fourth-order valence-corrected chi connectivity index (χ4v) is 4.27. The number of carbonyl (C=O) groups excluding carboxylic acids is 1. The van der Waals surface area contributed by atoms with Crippen molar-refractivity contribution in [2.75, 3.05) is 10.0 Å². The van der Waals surface area contributed by atoms with Crippen LogP contribution in [-0.2, 0) is 10.0 Å². The van der Waals surface area contributed by atoms with E-state index in [0.717, 1.165) is 12.1 Å². The molecule has 3 aromatic carbocycles. The van der Waals surface area contributed by atoms with E-state index in [1.54, 1.807) is 12.1 Å². The monoisotopic (exact) mass is 486 g/mol. The van der Waals surface area contributed by atoms with Gasteiger partial charge in [0.05, 0.1) is 28.8 Å². The molecule has 4 rings (SSSR count). The summed E-state index contributed by atoms with van der Waals surface area (Å²) in [4.78, 5) is 16.6. The van der Waals surface area contributed by atoms with Crippen LogP contribution < -0.4 is 10.0 Å². The molecule has 168 valence electrons. The standard InChI is InChI=1S/C22H16ClFN4O4S/c23-14-2-1-3-16(10-14)27-33(31,32)18-8-9-21(29)19(11-18)26-22(30)20-12-25-13-28(20)17-6-4-15(24)5-7-17/h1-13,27,29H,(H,26,30). The Hall–Kier alpha value is -3.89. The molecule has 0 atom stereocenters. The predicted octanol–water partition coefficient (Wildman–Crippen LogP) is 4.42. The molecule has 0 unspecified atom stereocenters. The highest BCUT2D eigenvalue weighted by atomic mass is 35.5. The van der Waals surface area contributed by atoms with E-state index in [4.69, 9.17) is 11.6 Å². The van der Waals surface area contributed by atoms with Crippen LogP contribution in [0, 0.1) is 5.82 Å². The Balaban J connectivity index is 1.60. The molecule has 0 aliphatic heterocycles. The number of nitrogens with zero attached hydrogens (tertiary/aromatic N) is 2. The average molecular weight is 487 g/mol. The van der Waals surface area contributed by atoms with Gasteiger partial charge in [0.2, 0.25) is 0 Å². The van der Waals surface area contributed by atoms with Gasteiger partial charge >= 0.3 is 0 Å². The molecular weight excluding hydrogens is 471 g/mol. The molecule has 11 heteroatoms. The van der Waals surface area contributed by atoms with Crippen LogP contribution in [0.3, 0.4) is 0 Å². The molecule has 1 amide bonds. The molecule has 33 heavy (non-hydrogen) atoms.